The molecule has 1 aromatic carbocycles. The smallest absolute Gasteiger partial charge is 0.411 e. The fourth-order valence-corrected chi connectivity index (χ4v) is 1.32. The highest BCUT2D eigenvalue weighted by Crippen LogP contribution is 2.15. The van der Waals surface area contributed by atoms with Crippen molar-refractivity contribution in [3.63, 3.8) is 0 Å². The second kappa shape index (κ2) is 3.41. The van der Waals surface area contributed by atoms with Gasteiger partial charge >= 0.3 is 6.09 Å². The minimum Gasteiger partial charge on any atom is -0.465 e. The zero-order chi connectivity index (χ0) is 10.8. The van der Waals surface area contributed by atoms with Gasteiger partial charge in [-0.1, -0.05) is 12.1 Å². The van der Waals surface area contributed by atoms with Gasteiger partial charge in [-0.2, -0.15) is 5.10 Å². The molecule has 1 heterocycles. The van der Waals surface area contributed by atoms with Crippen LogP contribution >= 0.6 is 0 Å². The Morgan fingerprint density at radius 2 is 2.20 bits per heavy atom. The molecule has 0 saturated carbocycles. The summed E-state index contributed by atoms with van der Waals surface area (Å²) < 4.78 is 0. The molecule has 0 radical (unpaired) electrons. The Kier molecular flexibility index (Phi) is 2.09. The van der Waals surface area contributed by atoms with E-state index < -0.39 is 12.0 Å². The quantitative estimate of drug-likeness (QED) is 0.646. The van der Waals surface area contributed by atoms with Crippen molar-refractivity contribution in [1.29, 1.82) is 0 Å². The Hall–Kier alpha value is -2.37. The van der Waals surface area contributed by atoms with Crippen LogP contribution in [0.5, 0.6) is 0 Å². The largest absolute Gasteiger partial charge is 0.465 e. The molecular formula is C9H7N3O3. The zero-order valence-electron chi connectivity index (χ0n) is 7.52. The van der Waals surface area contributed by atoms with Crippen molar-refractivity contribution in [1.82, 2.24) is 15.5 Å². The Balaban J connectivity index is 2.47. The summed E-state index contributed by atoms with van der Waals surface area (Å²) in [6.45, 7) is 0. The number of hydrogen-bond donors (Lipinski definition) is 3. The van der Waals surface area contributed by atoms with Crippen LogP contribution in [0, 0.1) is 0 Å². The van der Waals surface area contributed by atoms with Gasteiger partial charge in [0.05, 0.1) is 17.3 Å². The van der Waals surface area contributed by atoms with Crippen molar-refractivity contribution >= 4 is 22.9 Å². The Morgan fingerprint density at radius 3 is 2.93 bits per heavy atom. The number of hydrogen-bond acceptors (Lipinski definition) is 3. The van der Waals surface area contributed by atoms with Gasteiger partial charge in [0.1, 0.15) is 0 Å². The lowest BCUT2D eigenvalue weighted by Gasteiger charge is -2.00. The summed E-state index contributed by atoms with van der Waals surface area (Å²) in [4.78, 5) is 21.7. The molecule has 2 rings (SSSR count). The van der Waals surface area contributed by atoms with E-state index >= 15 is 0 Å². The lowest BCUT2D eigenvalue weighted by Crippen LogP contribution is -2.28. The summed E-state index contributed by atoms with van der Waals surface area (Å²) >= 11 is 0. The maximum Gasteiger partial charge on any atom is 0.411 e. The number of benzene rings is 1. The van der Waals surface area contributed by atoms with E-state index in [9.17, 15) is 9.59 Å². The zero-order valence-corrected chi connectivity index (χ0v) is 7.52. The number of rotatable bonds is 1. The molecule has 0 aliphatic carbocycles. The van der Waals surface area contributed by atoms with E-state index in [2.05, 4.69) is 10.2 Å². The van der Waals surface area contributed by atoms with Gasteiger partial charge in [0.15, 0.2) is 0 Å². The van der Waals surface area contributed by atoms with Gasteiger partial charge in [0.25, 0.3) is 5.91 Å². The highest BCUT2D eigenvalue weighted by atomic mass is 16.4. The predicted molar refractivity (Wildman–Crippen MR) is 51.6 cm³/mol. The van der Waals surface area contributed by atoms with Gasteiger partial charge in [-0.05, 0) is 6.07 Å². The van der Waals surface area contributed by atoms with Gasteiger partial charge in [-0.15, -0.1) is 0 Å². The third-order valence-corrected chi connectivity index (χ3v) is 1.94. The number of fused-ring (bicyclic) bond motifs is 1. The first kappa shape index (κ1) is 9.20. The van der Waals surface area contributed by atoms with Crippen molar-refractivity contribution < 1.29 is 14.7 Å². The molecule has 0 aliphatic rings. The molecule has 2 amide bonds. The van der Waals surface area contributed by atoms with Crippen LogP contribution < -0.4 is 5.32 Å². The maximum atomic E-state index is 11.4. The number of aromatic nitrogens is 2. The molecule has 0 spiro atoms. The van der Waals surface area contributed by atoms with Gasteiger partial charge in [-0.3, -0.25) is 15.2 Å². The van der Waals surface area contributed by atoms with E-state index in [-0.39, 0.29) is 5.56 Å². The van der Waals surface area contributed by atoms with Crippen LogP contribution in [0.15, 0.2) is 24.4 Å². The highest BCUT2D eigenvalue weighted by Gasteiger charge is 2.12. The number of nitrogens with one attached hydrogen (secondary N) is 2. The molecule has 3 N–H and O–H groups in total. The molecule has 0 fully saturated rings. The van der Waals surface area contributed by atoms with Crippen LogP contribution in [0.25, 0.3) is 10.9 Å². The molecule has 6 heteroatoms. The van der Waals surface area contributed by atoms with E-state index in [1.807, 2.05) is 0 Å². The Bertz CT molecular complexity index is 532. The number of para-hydroxylation sites is 1. The molecule has 0 bridgehead atoms. The molecule has 0 saturated heterocycles. The molecule has 0 atom stereocenters. The number of carbonyl (C=O) groups is 2. The summed E-state index contributed by atoms with van der Waals surface area (Å²) in [5.74, 6) is -0.669. The fraction of sp³-hybridized carbons (Fsp3) is 0. The van der Waals surface area contributed by atoms with E-state index in [4.69, 9.17) is 5.11 Å². The first-order valence-electron chi connectivity index (χ1n) is 4.15. The first-order chi connectivity index (χ1) is 7.18. The van der Waals surface area contributed by atoms with E-state index in [0.717, 1.165) is 5.39 Å². The molecule has 6 nitrogen and oxygen atoms in total. The molecule has 0 unspecified atom stereocenters. The lowest BCUT2D eigenvalue weighted by molar-refractivity contribution is 0.0949. The summed E-state index contributed by atoms with van der Waals surface area (Å²) in [7, 11) is 0. The second-order valence-electron chi connectivity index (χ2n) is 2.90. The van der Waals surface area contributed by atoms with Crippen LogP contribution in [-0.4, -0.2) is 27.3 Å². The predicted octanol–water partition coefficient (Wildman–Crippen LogP) is 0.971. The average molecular weight is 205 g/mol. The molecule has 76 valence electrons. The third-order valence-electron chi connectivity index (χ3n) is 1.94. The fourth-order valence-electron chi connectivity index (χ4n) is 1.32. The van der Waals surface area contributed by atoms with Crippen molar-refractivity contribution in [2.24, 2.45) is 0 Å². The summed E-state index contributed by atoms with van der Waals surface area (Å²) in [5, 5.41) is 17.3. The first-order valence-corrected chi connectivity index (χ1v) is 4.15. The van der Waals surface area contributed by atoms with Crippen LogP contribution in [0.1, 0.15) is 10.4 Å². The topological polar surface area (TPSA) is 95.1 Å². The monoisotopic (exact) mass is 205 g/mol. The van der Waals surface area contributed by atoms with Gasteiger partial charge in [0.2, 0.25) is 0 Å². The van der Waals surface area contributed by atoms with E-state index in [1.54, 1.807) is 23.6 Å². The molecule has 1 aromatic heterocycles. The van der Waals surface area contributed by atoms with Gasteiger partial charge < -0.3 is 5.11 Å². The Labute approximate surface area is 83.9 Å². The number of imide groups is 1. The average Bonchev–Trinajstić information content (AvgIpc) is 2.63. The van der Waals surface area contributed by atoms with E-state index in [1.165, 1.54) is 6.07 Å². The molecule has 0 aliphatic heterocycles. The standard InChI is InChI=1S/C9H7N3O3/c13-8(11-9(14)15)6-3-1-2-5-4-10-12-7(5)6/h1-4H,(H,10,12)(H,11,13)(H,14,15). The van der Waals surface area contributed by atoms with E-state index in [0.29, 0.717) is 5.52 Å². The normalized spacial score (nSPS) is 10.1. The number of nitrogens with zero attached hydrogens (tertiary/aromatic N) is 1. The van der Waals surface area contributed by atoms with Crippen molar-refractivity contribution in [2.75, 3.05) is 0 Å². The number of carboxylic acid groups (broad SMARTS) is 1. The number of carbonyl (C=O) groups excluding carboxylic acids is 1. The highest BCUT2D eigenvalue weighted by molar-refractivity contribution is 6.09. The maximum absolute atomic E-state index is 11.4. The van der Waals surface area contributed by atoms with Crippen LogP contribution in [0.3, 0.4) is 0 Å². The number of amides is 2. The molecule has 2 aromatic rings. The summed E-state index contributed by atoms with van der Waals surface area (Å²) in [6.07, 6.45) is 0.184. The second-order valence-corrected chi connectivity index (χ2v) is 2.90. The van der Waals surface area contributed by atoms with Gasteiger partial charge in [-0.25, -0.2) is 4.79 Å². The van der Waals surface area contributed by atoms with Crippen LogP contribution in [0.4, 0.5) is 4.79 Å². The van der Waals surface area contributed by atoms with Crippen molar-refractivity contribution in [2.45, 2.75) is 0 Å². The van der Waals surface area contributed by atoms with Gasteiger partial charge in [0, 0.05) is 5.39 Å². The summed E-state index contributed by atoms with van der Waals surface area (Å²) in [5.41, 5.74) is 0.781. The molecule has 15 heavy (non-hydrogen) atoms. The minimum absolute atomic E-state index is 0.257. The number of aromatic amines is 1. The van der Waals surface area contributed by atoms with Crippen molar-refractivity contribution in [3.8, 4) is 0 Å². The minimum atomic E-state index is -1.38. The Morgan fingerprint density at radius 1 is 1.40 bits per heavy atom. The van der Waals surface area contributed by atoms with Crippen molar-refractivity contribution in [3.05, 3.63) is 30.0 Å². The summed E-state index contributed by atoms with van der Waals surface area (Å²) in [6, 6.07) is 4.96. The van der Waals surface area contributed by atoms with Crippen LogP contribution in [-0.2, 0) is 0 Å². The number of H-pyrrole nitrogens is 1. The molecular weight excluding hydrogens is 198 g/mol. The SMILES string of the molecule is O=C(O)NC(=O)c1cccc2cn[nH]c12. The third kappa shape index (κ3) is 1.64. The lowest BCUT2D eigenvalue weighted by atomic mass is 10.1. The van der Waals surface area contributed by atoms with Crippen LogP contribution in [0.2, 0.25) is 0 Å².